The molecule has 1 heterocycles. The number of nitrogens with zero attached hydrogens (tertiary/aromatic N) is 1. The normalized spacial score (nSPS) is 12.3. The van der Waals surface area contributed by atoms with Gasteiger partial charge in [0.25, 0.3) is 0 Å². The number of benzene rings is 4. The first-order valence-corrected chi connectivity index (χ1v) is 12.2. The van der Waals surface area contributed by atoms with E-state index >= 15 is 0 Å². The van der Waals surface area contributed by atoms with Gasteiger partial charge in [0.05, 0.1) is 13.0 Å². The first kappa shape index (κ1) is 19.0. The Labute approximate surface area is 180 Å². The van der Waals surface area contributed by atoms with Gasteiger partial charge in [-0.2, -0.15) is 0 Å². The van der Waals surface area contributed by atoms with E-state index in [0.717, 1.165) is 20.7 Å². The van der Waals surface area contributed by atoms with Crippen LogP contribution in [0, 0.1) is 0 Å². The van der Waals surface area contributed by atoms with Gasteiger partial charge in [-0.3, -0.25) is 0 Å². The average molecular weight is 425 g/mol. The maximum absolute atomic E-state index is 13.8. The molecule has 4 aromatic carbocycles. The molecule has 0 fully saturated rings. The van der Waals surface area contributed by atoms with Crippen molar-refractivity contribution in [1.82, 2.24) is 4.34 Å². The molecule has 146 valence electrons. The lowest BCUT2D eigenvalue weighted by molar-refractivity contribution is 0.680. The highest BCUT2D eigenvalue weighted by molar-refractivity contribution is 7.85. The van der Waals surface area contributed by atoms with Gasteiger partial charge >= 0.3 is 0 Å². The third-order valence-corrected chi connectivity index (χ3v) is 9.01. The Hall–Kier alpha value is -3.00. The first-order chi connectivity index (χ1) is 14.8. The molecular weight excluding hydrogens is 405 g/mol. The van der Waals surface area contributed by atoms with Crippen molar-refractivity contribution in [3.05, 3.63) is 121 Å². The van der Waals surface area contributed by atoms with Crippen molar-refractivity contribution in [2.75, 3.05) is 0 Å². The summed E-state index contributed by atoms with van der Waals surface area (Å²) in [5, 5.41) is 5.42. The van der Waals surface area contributed by atoms with Crippen molar-refractivity contribution in [1.29, 1.82) is 0 Å². The average Bonchev–Trinajstić information content (AvgIpc) is 3.29. The van der Waals surface area contributed by atoms with Crippen LogP contribution in [0.2, 0.25) is 0 Å². The van der Waals surface area contributed by atoms with Crippen LogP contribution >= 0.6 is 8.07 Å². The van der Waals surface area contributed by atoms with E-state index in [1.807, 2.05) is 54.6 Å². The third-order valence-electron chi connectivity index (χ3n) is 5.05. The van der Waals surface area contributed by atoms with Crippen LogP contribution in [0.15, 0.2) is 131 Å². The standard InChI is InChI=1S/C26H20NOPS/c28-30(25-18-9-12-21-11-7-8-17-24(21)25)26-19-10-20-27(26)29(22-13-3-1-4-14-22)23-15-5-2-6-16-23/h1-20H. The molecule has 0 amide bonds. The Morgan fingerprint density at radius 1 is 0.600 bits per heavy atom. The quantitative estimate of drug-likeness (QED) is 0.331. The van der Waals surface area contributed by atoms with Gasteiger partial charge in [0, 0.05) is 16.8 Å². The summed E-state index contributed by atoms with van der Waals surface area (Å²) in [6.45, 7) is 0. The fourth-order valence-corrected chi connectivity index (χ4v) is 7.57. The van der Waals surface area contributed by atoms with Crippen LogP contribution in [0.1, 0.15) is 0 Å². The van der Waals surface area contributed by atoms with Crippen LogP contribution in [0.3, 0.4) is 0 Å². The monoisotopic (exact) mass is 425 g/mol. The SMILES string of the molecule is O=S(c1cccc2ccccc12)c1cccn1P(c1ccccc1)c1ccccc1. The molecular formula is C26H20NOPS. The van der Waals surface area contributed by atoms with Gasteiger partial charge in [0.2, 0.25) is 0 Å². The molecule has 0 radical (unpaired) electrons. The van der Waals surface area contributed by atoms with Crippen molar-refractivity contribution in [3.8, 4) is 0 Å². The highest BCUT2D eigenvalue weighted by Crippen LogP contribution is 2.39. The van der Waals surface area contributed by atoms with Gasteiger partial charge in [-0.15, -0.1) is 0 Å². The Morgan fingerprint density at radius 3 is 1.90 bits per heavy atom. The minimum atomic E-state index is -1.29. The van der Waals surface area contributed by atoms with E-state index in [2.05, 4.69) is 71.2 Å². The van der Waals surface area contributed by atoms with Crippen LogP contribution < -0.4 is 10.6 Å². The van der Waals surface area contributed by atoms with Crippen LogP contribution in [0.25, 0.3) is 10.8 Å². The highest BCUT2D eigenvalue weighted by Gasteiger charge is 2.22. The maximum Gasteiger partial charge on any atom is 0.115 e. The molecule has 0 aliphatic heterocycles. The second-order valence-corrected chi connectivity index (χ2v) is 10.4. The first-order valence-electron chi connectivity index (χ1n) is 9.80. The minimum Gasteiger partial charge on any atom is -0.310 e. The number of rotatable bonds is 5. The molecule has 0 saturated carbocycles. The molecule has 4 heteroatoms. The maximum atomic E-state index is 13.8. The van der Waals surface area contributed by atoms with Gasteiger partial charge in [-0.25, -0.2) is 4.21 Å². The van der Waals surface area contributed by atoms with Gasteiger partial charge in [0.1, 0.15) is 15.8 Å². The zero-order valence-electron chi connectivity index (χ0n) is 16.3. The van der Waals surface area contributed by atoms with E-state index in [0.29, 0.717) is 0 Å². The molecule has 2 nitrogen and oxygen atoms in total. The minimum absolute atomic E-state index is 0.824. The van der Waals surface area contributed by atoms with Gasteiger partial charge in [-0.05, 0) is 29.0 Å². The molecule has 5 aromatic rings. The second-order valence-electron chi connectivity index (χ2n) is 6.92. The smallest absolute Gasteiger partial charge is 0.115 e. The molecule has 0 aliphatic rings. The van der Waals surface area contributed by atoms with Crippen LogP contribution in [-0.2, 0) is 10.8 Å². The lowest BCUT2D eigenvalue weighted by Gasteiger charge is -2.22. The summed E-state index contributed by atoms with van der Waals surface area (Å²) < 4.78 is 16.0. The van der Waals surface area contributed by atoms with Gasteiger partial charge in [-0.1, -0.05) is 97.1 Å². The Kier molecular flexibility index (Phi) is 5.31. The largest absolute Gasteiger partial charge is 0.310 e. The predicted octanol–water partition coefficient (Wildman–Crippen LogP) is 5.70. The van der Waals surface area contributed by atoms with E-state index < -0.39 is 18.9 Å². The highest BCUT2D eigenvalue weighted by atomic mass is 32.2. The number of aromatic nitrogens is 1. The molecule has 1 unspecified atom stereocenters. The zero-order valence-corrected chi connectivity index (χ0v) is 18.0. The number of fused-ring (bicyclic) bond motifs is 1. The zero-order chi connectivity index (χ0) is 20.3. The number of hydrogen-bond donors (Lipinski definition) is 0. The lowest BCUT2D eigenvalue weighted by Crippen LogP contribution is -2.18. The fraction of sp³-hybridized carbons (Fsp3) is 0. The van der Waals surface area contributed by atoms with E-state index in [4.69, 9.17) is 0 Å². The molecule has 0 bridgehead atoms. The fourth-order valence-electron chi connectivity index (χ4n) is 3.67. The van der Waals surface area contributed by atoms with E-state index in [9.17, 15) is 4.21 Å². The van der Waals surface area contributed by atoms with Gasteiger partial charge in [0.15, 0.2) is 0 Å². The van der Waals surface area contributed by atoms with Crippen LogP contribution in [0.4, 0.5) is 0 Å². The Balaban J connectivity index is 1.66. The van der Waals surface area contributed by atoms with E-state index in [1.165, 1.54) is 10.6 Å². The molecule has 1 atom stereocenters. The molecule has 5 rings (SSSR count). The Bertz CT molecular complexity index is 1270. The molecule has 0 aliphatic carbocycles. The number of hydrogen-bond acceptors (Lipinski definition) is 1. The molecule has 1 aromatic heterocycles. The summed E-state index contributed by atoms with van der Waals surface area (Å²) in [6, 6.07) is 39.1. The third kappa shape index (κ3) is 3.52. The second kappa shape index (κ2) is 8.39. The topological polar surface area (TPSA) is 22.0 Å². The summed E-state index contributed by atoms with van der Waals surface area (Å²) in [7, 11) is -2.16. The summed E-state index contributed by atoms with van der Waals surface area (Å²) in [5.41, 5.74) is 0. The molecule has 0 N–H and O–H groups in total. The van der Waals surface area contributed by atoms with E-state index in [1.54, 1.807) is 0 Å². The predicted molar refractivity (Wildman–Crippen MR) is 128 cm³/mol. The van der Waals surface area contributed by atoms with Crippen molar-refractivity contribution in [2.24, 2.45) is 0 Å². The van der Waals surface area contributed by atoms with Gasteiger partial charge < -0.3 is 4.34 Å². The van der Waals surface area contributed by atoms with E-state index in [-0.39, 0.29) is 0 Å². The Morgan fingerprint density at radius 2 is 1.20 bits per heavy atom. The molecule has 30 heavy (non-hydrogen) atoms. The van der Waals surface area contributed by atoms with Crippen LogP contribution in [-0.4, -0.2) is 8.55 Å². The van der Waals surface area contributed by atoms with Crippen LogP contribution in [0.5, 0.6) is 0 Å². The van der Waals surface area contributed by atoms with Crippen molar-refractivity contribution >= 4 is 40.3 Å². The summed E-state index contributed by atoms with van der Waals surface area (Å²) in [4.78, 5) is 0.851. The van der Waals surface area contributed by atoms with Crippen molar-refractivity contribution < 1.29 is 4.21 Å². The van der Waals surface area contributed by atoms with Crippen molar-refractivity contribution in [3.63, 3.8) is 0 Å². The summed E-state index contributed by atoms with van der Waals surface area (Å²) >= 11 is 0. The summed E-state index contributed by atoms with van der Waals surface area (Å²) in [5.74, 6) is 0. The van der Waals surface area contributed by atoms with Crippen molar-refractivity contribution in [2.45, 2.75) is 9.92 Å². The molecule has 0 spiro atoms. The molecule has 0 saturated heterocycles. The summed E-state index contributed by atoms with van der Waals surface area (Å²) in [6.07, 6.45) is 2.06. The lowest BCUT2D eigenvalue weighted by atomic mass is 10.1.